The van der Waals surface area contributed by atoms with Crippen LogP contribution in [0.5, 0.6) is 0 Å². The molecule has 0 bridgehead atoms. The van der Waals surface area contributed by atoms with Crippen LogP contribution in [0.25, 0.3) is 5.69 Å². The van der Waals surface area contributed by atoms with Crippen LogP contribution in [0.2, 0.25) is 0 Å². The summed E-state index contributed by atoms with van der Waals surface area (Å²) in [4.78, 5) is 21.3. The molecule has 0 unspecified atom stereocenters. The van der Waals surface area contributed by atoms with Crippen molar-refractivity contribution in [3.8, 4) is 17.5 Å². The minimum atomic E-state index is -0.449. The molecule has 0 aliphatic heterocycles. The summed E-state index contributed by atoms with van der Waals surface area (Å²) < 4.78 is 1.43. The number of hydrogen-bond donors (Lipinski definition) is 1. The number of para-hydroxylation sites is 2. The van der Waals surface area contributed by atoms with E-state index >= 15 is 0 Å². The number of hydrogen-bond acceptors (Lipinski definition) is 4. The Morgan fingerprint density at radius 2 is 2.23 bits per heavy atom. The first-order valence-electron chi connectivity index (χ1n) is 6.59. The standard InChI is InChI=1S/C15H14N4O3/c1-12(20)16-9-5-4-6-13-10-17-18(11-13)14-7-2-3-8-15(14)19(21)22/h2-3,7-8,10-11H,5,9H2,1H3,(H,16,20). The van der Waals surface area contributed by atoms with E-state index in [0.717, 1.165) is 0 Å². The molecule has 0 radical (unpaired) electrons. The first-order chi connectivity index (χ1) is 10.6. The monoisotopic (exact) mass is 298 g/mol. The van der Waals surface area contributed by atoms with E-state index < -0.39 is 4.92 Å². The summed E-state index contributed by atoms with van der Waals surface area (Å²) in [5.74, 6) is 5.72. The summed E-state index contributed by atoms with van der Waals surface area (Å²) in [6, 6.07) is 6.37. The van der Waals surface area contributed by atoms with Crippen molar-refractivity contribution in [3.05, 3.63) is 52.3 Å². The van der Waals surface area contributed by atoms with Gasteiger partial charge in [0.05, 0.1) is 16.7 Å². The number of aromatic nitrogens is 2. The molecule has 7 heteroatoms. The van der Waals surface area contributed by atoms with Crippen LogP contribution in [0, 0.1) is 22.0 Å². The molecular formula is C15H14N4O3. The molecule has 1 aromatic carbocycles. The van der Waals surface area contributed by atoms with Crippen LogP contribution in [-0.4, -0.2) is 27.2 Å². The Hall–Kier alpha value is -3.14. The van der Waals surface area contributed by atoms with Crippen LogP contribution in [0.3, 0.4) is 0 Å². The lowest BCUT2D eigenvalue weighted by Crippen LogP contribution is -2.20. The van der Waals surface area contributed by atoms with Crippen molar-refractivity contribution in [1.82, 2.24) is 15.1 Å². The topological polar surface area (TPSA) is 90.1 Å². The van der Waals surface area contributed by atoms with Crippen LogP contribution < -0.4 is 5.32 Å². The molecule has 22 heavy (non-hydrogen) atoms. The summed E-state index contributed by atoms with van der Waals surface area (Å²) in [6.07, 6.45) is 3.70. The number of carbonyl (C=O) groups is 1. The number of rotatable bonds is 4. The highest BCUT2D eigenvalue weighted by Crippen LogP contribution is 2.21. The predicted molar refractivity (Wildman–Crippen MR) is 80.4 cm³/mol. The van der Waals surface area contributed by atoms with Crippen LogP contribution in [-0.2, 0) is 4.79 Å². The SMILES string of the molecule is CC(=O)NCCC#Cc1cnn(-c2ccccc2[N+](=O)[O-])c1. The van der Waals surface area contributed by atoms with Crippen LogP contribution >= 0.6 is 0 Å². The van der Waals surface area contributed by atoms with Gasteiger partial charge in [-0.3, -0.25) is 14.9 Å². The minimum absolute atomic E-state index is 0.0178. The van der Waals surface area contributed by atoms with Gasteiger partial charge in [-0.05, 0) is 6.07 Å². The highest BCUT2D eigenvalue weighted by molar-refractivity contribution is 5.72. The Balaban J connectivity index is 2.11. The molecule has 0 saturated carbocycles. The summed E-state index contributed by atoms with van der Waals surface area (Å²) >= 11 is 0. The fraction of sp³-hybridized carbons (Fsp3) is 0.200. The van der Waals surface area contributed by atoms with E-state index in [0.29, 0.717) is 24.2 Å². The molecule has 112 valence electrons. The Morgan fingerprint density at radius 3 is 2.95 bits per heavy atom. The molecule has 0 aliphatic rings. The van der Waals surface area contributed by atoms with Gasteiger partial charge >= 0.3 is 0 Å². The molecule has 0 atom stereocenters. The summed E-state index contributed by atoms with van der Waals surface area (Å²) in [5, 5.41) is 17.7. The third-order valence-corrected chi connectivity index (χ3v) is 2.76. The molecule has 1 aromatic heterocycles. The van der Waals surface area contributed by atoms with Crippen molar-refractivity contribution in [1.29, 1.82) is 0 Å². The molecular weight excluding hydrogens is 284 g/mol. The highest BCUT2D eigenvalue weighted by Gasteiger charge is 2.14. The number of amides is 1. The summed E-state index contributed by atoms with van der Waals surface area (Å²) in [5.41, 5.74) is 1.02. The largest absolute Gasteiger partial charge is 0.355 e. The van der Waals surface area contributed by atoms with E-state index in [4.69, 9.17) is 0 Å². The normalized spacial score (nSPS) is 9.68. The van der Waals surface area contributed by atoms with E-state index in [9.17, 15) is 14.9 Å². The molecule has 0 spiro atoms. The van der Waals surface area contributed by atoms with Crippen molar-refractivity contribution in [3.63, 3.8) is 0 Å². The smallest absolute Gasteiger partial charge is 0.294 e. The highest BCUT2D eigenvalue weighted by atomic mass is 16.6. The van der Waals surface area contributed by atoms with Gasteiger partial charge in [0.1, 0.15) is 5.69 Å². The van der Waals surface area contributed by atoms with Gasteiger partial charge in [-0.25, -0.2) is 4.68 Å². The molecule has 1 heterocycles. The molecule has 7 nitrogen and oxygen atoms in total. The zero-order chi connectivity index (χ0) is 15.9. The van der Waals surface area contributed by atoms with E-state index in [1.54, 1.807) is 30.6 Å². The average molecular weight is 298 g/mol. The second-order valence-electron chi connectivity index (χ2n) is 4.45. The first-order valence-corrected chi connectivity index (χ1v) is 6.59. The van der Waals surface area contributed by atoms with Crippen LogP contribution in [0.15, 0.2) is 36.7 Å². The minimum Gasteiger partial charge on any atom is -0.355 e. The van der Waals surface area contributed by atoms with Gasteiger partial charge in [-0.1, -0.05) is 24.0 Å². The third kappa shape index (κ3) is 3.93. The second kappa shape index (κ2) is 7.04. The number of nitrogens with zero attached hydrogens (tertiary/aromatic N) is 3. The Bertz CT molecular complexity index is 755. The van der Waals surface area contributed by atoms with Crippen molar-refractivity contribution in [2.45, 2.75) is 13.3 Å². The van der Waals surface area contributed by atoms with E-state index in [2.05, 4.69) is 22.3 Å². The fourth-order valence-electron chi connectivity index (χ4n) is 1.80. The Kier molecular flexibility index (Phi) is 4.88. The van der Waals surface area contributed by atoms with E-state index in [-0.39, 0.29) is 11.6 Å². The van der Waals surface area contributed by atoms with Gasteiger partial charge in [0, 0.05) is 32.2 Å². The Morgan fingerprint density at radius 1 is 1.45 bits per heavy atom. The first kappa shape index (κ1) is 15.3. The lowest BCUT2D eigenvalue weighted by atomic mass is 10.2. The number of nitrogens with one attached hydrogen (secondary N) is 1. The van der Waals surface area contributed by atoms with Crippen molar-refractivity contribution in [2.24, 2.45) is 0 Å². The molecule has 0 fully saturated rings. The lowest BCUT2D eigenvalue weighted by Gasteiger charge is -2.01. The van der Waals surface area contributed by atoms with Crippen molar-refractivity contribution < 1.29 is 9.72 Å². The zero-order valence-electron chi connectivity index (χ0n) is 11.9. The van der Waals surface area contributed by atoms with Gasteiger partial charge in [-0.2, -0.15) is 5.10 Å². The predicted octanol–water partition coefficient (Wildman–Crippen LogP) is 1.66. The van der Waals surface area contributed by atoms with Gasteiger partial charge < -0.3 is 5.32 Å². The molecule has 1 N–H and O–H groups in total. The van der Waals surface area contributed by atoms with E-state index in [1.807, 2.05) is 0 Å². The Labute approximate surface area is 127 Å². The maximum atomic E-state index is 11.0. The number of benzene rings is 1. The number of nitro benzene ring substituents is 1. The molecule has 2 aromatic rings. The van der Waals surface area contributed by atoms with Crippen LogP contribution in [0.4, 0.5) is 5.69 Å². The zero-order valence-corrected chi connectivity index (χ0v) is 11.9. The van der Waals surface area contributed by atoms with Gasteiger partial charge in [-0.15, -0.1) is 0 Å². The van der Waals surface area contributed by atoms with Gasteiger partial charge in [0.2, 0.25) is 5.91 Å². The fourth-order valence-corrected chi connectivity index (χ4v) is 1.80. The molecule has 1 amide bonds. The van der Waals surface area contributed by atoms with Crippen molar-refractivity contribution >= 4 is 11.6 Å². The quantitative estimate of drug-likeness (QED) is 0.402. The van der Waals surface area contributed by atoms with Gasteiger partial charge in [0.15, 0.2) is 0 Å². The molecule has 2 rings (SSSR count). The molecule has 0 saturated heterocycles. The maximum absolute atomic E-state index is 11.0. The second-order valence-corrected chi connectivity index (χ2v) is 4.45. The lowest BCUT2D eigenvalue weighted by molar-refractivity contribution is -0.384. The summed E-state index contributed by atoms with van der Waals surface area (Å²) in [7, 11) is 0. The maximum Gasteiger partial charge on any atom is 0.294 e. The average Bonchev–Trinajstić information content (AvgIpc) is 2.95. The third-order valence-electron chi connectivity index (χ3n) is 2.76. The molecule has 0 aliphatic carbocycles. The van der Waals surface area contributed by atoms with Crippen LogP contribution in [0.1, 0.15) is 18.9 Å². The number of nitro groups is 1. The van der Waals surface area contributed by atoms with Gasteiger partial charge in [0.25, 0.3) is 5.69 Å². The van der Waals surface area contributed by atoms with E-state index in [1.165, 1.54) is 17.7 Å². The summed E-state index contributed by atoms with van der Waals surface area (Å²) in [6.45, 7) is 1.94. The van der Waals surface area contributed by atoms with Crippen molar-refractivity contribution in [2.75, 3.05) is 6.54 Å². The number of carbonyl (C=O) groups excluding carboxylic acids is 1.